The number of aliphatic hydroxyl groups is 1. The van der Waals surface area contributed by atoms with Crippen LogP contribution in [0.2, 0.25) is 0 Å². The normalized spacial score (nSPS) is 14.6. The predicted octanol–water partition coefficient (Wildman–Crippen LogP) is 7.03. The van der Waals surface area contributed by atoms with Crippen LogP contribution in [-0.4, -0.2) is 40.2 Å². The van der Waals surface area contributed by atoms with Gasteiger partial charge < -0.3 is 15.2 Å². The second kappa shape index (κ2) is 12.2. The van der Waals surface area contributed by atoms with Crippen LogP contribution in [0.25, 0.3) is 10.2 Å². The molecule has 3 rings (SSSR count). The number of ether oxygens (including phenoxy) is 1. The summed E-state index contributed by atoms with van der Waals surface area (Å²) < 4.78 is 7.73. The van der Waals surface area contributed by atoms with Crippen LogP contribution in [0.3, 0.4) is 0 Å². The van der Waals surface area contributed by atoms with Gasteiger partial charge in [0, 0.05) is 0 Å². The molecule has 0 aliphatic heterocycles. The van der Waals surface area contributed by atoms with Crippen molar-refractivity contribution in [3.63, 3.8) is 0 Å². The molecule has 2 N–H and O–H groups in total. The molecule has 1 heterocycles. The Labute approximate surface area is 217 Å². The molecule has 7 heteroatoms. The Morgan fingerprint density at radius 2 is 1.86 bits per heavy atom. The van der Waals surface area contributed by atoms with Crippen molar-refractivity contribution in [3.8, 4) is 0 Å². The summed E-state index contributed by atoms with van der Waals surface area (Å²) in [5.74, 6) is 0.630. The predicted molar refractivity (Wildman–Crippen MR) is 148 cm³/mol. The summed E-state index contributed by atoms with van der Waals surface area (Å²) in [6, 6.07) is 15.9. The van der Waals surface area contributed by atoms with Crippen LogP contribution in [0.1, 0.15) is 64.5 Å². The van der Waals surface area contributed by atoms with Crippen molar-refractivity contribution in [1.82, 2.24) is 10.3 Å². The minimum Gasteiger partial charge on any atom is -0.444 e. The number of hydrogen-bond donors (Lipinski definition) is 2. The molecule has 1 amide bonds. The van der Waals surface area contributed by atoms with E-state index in [9.17, 15) is 9.90 Å². The zero-order chi connectivity index (χ0) is 25.6. The van der Waals surface area contributed by atoms with Crippen LogP contribution in [0, 0.1) is 5.92 Å². The van der Waals surface area contributed by atoms with Crippen LogP contribution in [0.4, 0.5) is 4.79 Å². The molecular formula is C28H38N2O3S2. The third kappa shape index (κ3) is 8.51. The first-order chi connectivity index (χ1) is 16.5. The zero-order valence-electron chi connectivity index (χ0n) is 21.6. The van der Waals surface area contributed by atoms with Gasteiger partial charge in [-0.25, -0.2) is 9.78 Å². The van der Waals surface area contributed by atoms with Gasteiger partial charge in [-0.05, 0) is 81.4 Å². The number of nitrogens with one attached hydrogen (secondary N) is 1. The third-order valence-electron chi connectivity index (χ3n) is 5.79. The molecule has 3 aromatic rings. The van der Waals surface area contributed by atoms with Gasteiger partial charge in [-0.3, -0.25) is 0 Å². The minimum atomic E-state index is -0.731. The number of aliphatic hydroxyl groups excluding tert-OH is 1. The average Bonchev–Trinajstić information content (AvgIpc) is 3.20. The van der Waals surface area contributed by atoms with Crippen molar-refractivity contribution in [3.05, 3.63) is 59.7 Å². The molecule has 0 spiro atoms. The van der Waals surface area contributed by atoms with Crippen LogP contribution >= 0.6 is 23.1 Å². The quantitative estimate of drug-likeness (QED) is 0.284. The smallest absolute Gasteiger partial charge is 0.407 e. The van der Waals surface area contributed by atoms with Gasteiger partial charge in [-0.1, -0.05) is 62.0 Å². The molecule has 0 saturated carbocycles. The molecule has 1 unspecified atom stereocenters. The van der Waals surface area contributed by atoms with E-state index in [0.717, 1.165) is 21.8 Å². The Morgan fingerprint density at radius 3 is 2.49 bits per heavy atom. The van der Waals surface area contributed by atoms with Crippen molar-refractivity contribution >= 4 is 39.4 Å². The molecule has 0 aliphatic rings. The number of alkyl carbamates (subject to hydrolysis) is 1. The van der Waals surface area contributed by atoms with E-state index in [0.29, 0.717) is 18.8 Å². The van der Waals surface area contributed by atoms with Crippen molar-refractivity contribution < 1.29 is 14.6 Å². The van der Waals surface area contributed by atoms with E-state index in [4.69, 9.17) is 4.74 Å². The summed E-state index contributed by atoms with van der Waals surface area (Å²) in [7, 11) is 0. The number of thioether (sulfide) groups is 1. The molecule has 0 fully saturated rings. The number of rotatable bonds is 10. The number of aromatic nitrogens is 1. The van der Waals surface area contributed by atoms with Crippen LogP contribution in [0.15, 0.2) is 52.9 Å². The number of carbonyl (C=O) groups is 1. The number of hydrogen-bond acceptors (Lipinski definition) is 6. The van der Waals surface area contributed by atoms with E-state index in [1.165, 1.54) is 10.3 Å². The first kappa shape index (κ1) is 27.5. The van der Waals surface area contributed by atoms with E-state index in [1.807, 2.05) is 57.4 Å². The largest absolute Gasteiger partial charge is 0.444 e. The second-order valence-corrected chi connectivity index (χ2v) is 12.6. The van der Waals surface area contributed by atoms with Gasteiger partial charge in [-0.15, -0.1) is 11.3 Å². The molecule has 0 aliphatic carbocycles. The first-order valence-corrected chi connectivity index (χ1v) is 14.2. The number of amides is 1. The molecule has 1 aromatic heterocycles. The fraction of sp³-hybridized carbons (Fsp3) is 0.500. The number of carbonyl (C=O) groups excluding carboxylic acids is 1. The van der Waals surface area contributed by atoms with E-state index >= 15 is 0 Å². The lowest BCUT2D eigenvalue weighted by atomic mass is 9.83. The Kier molecular flexibility index (Phi) is 9.62. The molecule has 2 aromatic carbocycles. The lowest BCUT2D eigenvalue weighted by Gasteiger charge is -2.30. The van der Waals surface area contributed by atoms with Gasteiger partial charge in [0.25, 0.3) is 0 Å². The van der Waals surface area contributed by atoms with Gasteiger partial charge in [0.2, 0.25) is 0 Å². The Bertz CT molecular complexity index is 1090. The van der Waals surface area contributed by atoms with Crippen molar-refractivity contribution in [2.75, 3.05) is 6.26 Å². The van der Waals surface area contributed by atoms with Gasteiger partial charge in [-0.2, -0.15) is 0 Å². The summed E-state index contributed by atoms with van der Waals surface area (Å²) in [5.41, 5.74) is 2.67. The summed E-state index contributed by atoms with van der Waals surface area (Å²) >= 11 is 3.36. The van der Waals surface area contributed by atoms with E-state index in [2.05, 4.69) is 42.3 Å². The standard InChI is InChI=1S/C28H38N2O3S2/c1-18(2)14-21(20-12-13-22-25(17-20)35-27(30-22)34-6)16-24(31)23(15-19-10-8-7-9-11-19)29-26(32)33-28(3,4)5/h7-13,17-18,21,23-24,31H,14-16H2,1-6H3,(H,29,32)/t21?,23-,24+/m0/s1. The lowest BCUT2D eigenvalue weighted by molar-refractivity contribution is 0.0402. The van der Waals surface area contributed by atoms with Crippen molar-refractivity contribution in [2.24, 2.45) is 5.92 Å². The van der Waals surface area contributed by atoms with E-state index in [1.54, 1.807) is 23.1 Å². The number of thiazole rings is 1. The number of nitrogens with zero attached hydrogens (tertiary/aromatic N) is 1. The molecule has 5 nitrogen and oxygen atoms in total. The summed E-state index contributed by atoms with van der Waals surface area (Å²) in [6.07, 6.45) is 2.83. The molecule has 190 valence electrons. The van der Waals surface area contributed by atoms with Crippen molar-refractivity contribution in [2.45, 2.75) is 81.9 Å². The summed E-state index contributed by atoms with van der Waals surface area (Å²) in [5, 5.41) is 14.4. The highest BCUT2D eigenvalue weighted by molar-refractivity contribution is 8.00. The minimum absolute atomic E-state index is 0.160. The SMILES string of the molecule is CSc1nc2ccc(C(CC(C)C)C[C@@H](O)[C@H](Cc3ccccc3)NC(=O)OC(C)(C)C)cc2s1. The molecule has 0 saturated heterocycles. The molecule has 35 heavy (non-hydrogen) atoms. The van der Waals surface area contributed by atoms with Crippen LogP contribution in [-0.2, 0) is 11.2 Å². The Balaban J connectivity index is 1.83. The zero-order valence-corrected chi connectivity index (χ0v) is 23.2. The van der Waals surface area contributed by atoms with E-state index in [-0.39, 0.29) is 5.92 Å². The molecule has 0 radical (unpaired) electrons. The van der Waals surface area contributed by atoms with Gasteiger partial charge >= 0.3 is 6.09 Å². The molecule has 3 atom stereocenters. The highest BCUT2D eigenvalue weighted by atomic mass is 32.2. The summed E-state index contributed by atoms with van der Waals surface area (Å²) in [6.45, 7) is 9.93. The maximum absolute atomic E-state index is 12.6. The van der Waals surface area contributed by atoms with Gasteiger partial charge in [0.15, 0.2) is 4.34 Å². The fourth-order valence-electron chi connectivity index (χ4n) is 4.26. The molecular weight excluding hydrogens is 476 g/mol. The maximum Gasteiger partial charge on any atom is 0.407 e. The van der Waals surface area contributed by atoms with Crippen LogP contribution in [0.5, 0.6) is 0 Å². The monoisotopic (exact) mass is 514 g/mol. The summed E-state index contributed by atoms with van der Waals surface area (Å²) in [4.78, 5) is 17.3. The number of benzene rings is 2. The highest BCUT2D eigenvalue weighted by Crippen LogP contribution is 2.35. The topological polar surface area (TPSA) is 71.5 Å². The third-order valence-corrected chi connectivity index (χ3v) is 7.79. The Morgan fingerprint density at radius 1 is 1.14 bits per heavy atom. The first-order valence-electron chi connectivity index (χ1n) is 12.2. The highest BCUT2D eigenvalue weighted by Gasteiger charge is 2.28. The fourth-order valence-corrected chi connectivity index (χ4v) is 5.80. The maximum atomic E-state index is 12.6. The van der Waals surface area contributed by atoms with Crippen LogP contribution < -0.4 is 5.32 Å². The lowest BCUT2D eigenvalue weighted by Crippen LogP contribution is -2.47. The Hall–Kier alpha value is -2.09. The second-order valence-electron chi connectivity index (χ2n) is 10.5. The molecule has 0 bridgehead atoms. The number of fused-ring (bicyclic) bond motifs is 1. The van der Waals surface area contributed by atoms with E-state index < -0.39 is 23.8 Å². The van der Waals surface area contributed by atoms with Gasteiger partial charge in [0.1, 0.15) is 5.60 Å². The van der Waals surface area contributed by atoms with Gasteiger partial charge in [0.05, 0.1) is 22.4 Å². The average molecular weight is 515 g/mol. The van der Waals surface area contributed by atoms with Crippen molar-refractivity contribution in [1.29, 1.82) is 0 Å².